The molecule has 7 heteroatoms. The predicted molar refractivity (Wildman–Crippen MR) is 86.3 cm³/mol. The molecule has 3 rings (SSSR count). The summed E-state index contributed by atoms with van der Waals surface area (Å²) in [5.41, 5.74) is 0.0479. The summed E-state index contributed by atoms with van der Waals surface area (Å²) in [5, 5.41) is 4.38. The van der Waals surface area contributed by atoms with Crippen molar-refractivity contribution in [1.82, 2.24) is 9.78 Å². The summed E-state index contributed by atoms with van der Waals surface area (Å²) < 4.78 is 19.0. The Morgan fingerprint density at radius 1 is 1.39 bits per heavy atom. The van der Waals surface area contributed by atoms with E-state index >= 15 is 0 Å². The first-order valence-electron chi connectivity index (χ1n) is 8.31. The van der Waals surface area contributed by atoms with E-state index in [9.17, 15) is 4.79 Å². The Labute approximate surface area is 137 Å². The van der Waals surface area contributed by atoms with E-state index in [-0.39, 0.29) is 12.0 Å². The molecule has 0 N–H and O–H groups in total. The van der Waals surface area contributed by atoms with Crippen molar-refractivity contribution >= 4 is 18.6 Å². The Bertz CT molecular complexity index is 579. The summed E-state index contributed by atoms with van der Waals surface area (Å²) in [6, 6.07) is -0.342. The number of carbonyl (C=O) groups excluding carboxylic acids is 1. The molecule has 1 aromatic rings. The number of esters is 1. The highest BCUT2D eigenvalue weighted by Gasteiger charge is 2.52. The second-order valence-corrected chi connectivity index (χ2v) is 7.38. The lowest BCUT2D eigenvalue weighted by Crippen LogP contribution is -2.41. The van der Waals surface area contributed by atoms with Crippen LogP contribution in [-0.4, -0.2) is 40.7 Å². The molecule has 0 radical (unpaired) electrons. The average Bonchev–Trinajstić information content (AvgIpc) is 3.08. The fourth-order valence-corrected chi connectivity index (χ4v) is 2.76. The molecule has 0 bridgehead atoms. The van der Waals surface area contributed by atoms with Crippen LogP contribution in [0.2, 0.25) is 0 Å². The maximum absolute atomic E-state index is 12.2. The quantitative estimate of drug-likeness (QED) is 0.610. The van der Waals surface area contributed by atoms with E-state index in [2.05, 4.69) is 5.10 Å². The van der Waals surface area contributed by atoms with Crippen LogP contribution in [0.3, 0.4) is 0 Å². The van der Waals surface area contributed by atoms with E-state index in [0.29, 0.717) is 12.5 Å². The minimum atomic E-state index is -0.462. The number of nitrogens with zero attached hydrogens (tertiary/aromatic N) is 2. The normalized spacial score (nSPS) is 23.8. The Morgan fingerprint density at radius 3 is 2.52 bits per heavy atom. The van der Waals surface area contributed by atoms with Crippen molar-refractivity contribution < 1.29 is 18.8 Å². The van der Waals surface area contributed by atoms with Gasteiger partial charge in [0.2, 0.25) is 0 Å². The van der Waals surface area contributed by atoms with Gasteiger partial charge in [-0.15, -0.1) is 0 Å². The van der Waals surface area contributed by atoms with Crippen molar-refractivity contribution in [3.8, 4) is 0 Å². The molecule has 2 heterocycles. The van der Waals surface area contributed by atoms with Crippen molar-refractivity contribution in [3.63, 3.8) is 0 Å². The van der Waals surface area contributed by atoms with Crippen LogP contribution in [0.5, 0.6) is 0 Å². The molecule has 1 atom stereocenters. The highest BCUT2D eigenvalue weighted by molar-refractivity contribution is 6.62. The SMILES string of the molecule is CCOC(=O)C(C1CC1)n1cc(B2OC(C)(C)C(C)(C)O2)cn1. The summed E-state index contributed by atoms with van der Waals surface area (Å²) in [6.45, 7) is 10.3. The maximum Gasteiger partial charge on any atom is 0.498 e. The van der Waals surface area contributed by atoms with Crippen LogP contribution < -0.4 is 5.46 Å². The molecular formula is C16H25BN2O4. The zero-order valence-corrected chi connectivity index (χ0v) is 14.5. The lowest BCUT2D eigenvalue weighted by atomic mass is 9.82. The van der Waals surface area contributed by atoms with Gasteiger partial charge in [-0.25, -0.2) is 4.79 Å². The molecule has 2 fully saturated rings. The lowest BCUT2D eigenvalue weighted by molar-refractivity contribution is -0.148. The van der Waals surface area contributed by atoms with Crippen LogP contribution >= 0.6 is 0 Å². The molecule has 126 valence electrons. The van der Waals surface area contributed by atoms with Gasteiger partial charge in [0.15, 0.2) is 6.04 Å². The minimum absolute atomic E-state index is 0.210. The number of ether oxygens (including phenoxy) is 1. The molecule has 1 saturated carbocycles. The molecule has 0 spiro atoms. The molecular weight excluding hydrogens is 295 g/mol. The fourth-order valence-electron chi connectivity index (χ4n) is 2.76. The monoisotopic (exact) mass is 320 g/mol. The van der Waals surface area contributed by atoms with E-state index in [1.54, 1.807) is 10.9 Å². The first kappa shape index (κ1) is 16.5. The van der Waals surface area contributed by atoms with E-state index in [4.69, 9.17) is 14.0 Å². The summed E-state index contributed by atoms with van der Waals surface area (Å²) in [6.07, 6.45) is 5.64. The Balaban J connectivity index is 1.79. The summed E-state index contributed by atoms with van der Waals surface area (Å²) in [4.78, 5) is 12.2. The van der Waals surface area contributed by atoms with Crippen LogP contribution in [0.25, 0.3) is 0 Å². The zero-order chi connectivity index (χ0) is 16.8. The van der Waals surface area contributed by atoms with Crippen LogP contribution in [-0.2, 0) is 18.8 Å². The first-order chi connectivity index (χ1) is 10.7. The number of aromatic nitrogens is 2. The van der Waals surface area contributed by atoms with Crippen molar-refractivity contribution in [2.75, 3.05) is 6.61 Å². The zero-order valence-electron chi connectivity index (χ0n) is 14.5. The molecule has 1 unspecified atom stereocenters. The van der Waals surface area contributed by atoms with E-state index in [1.807, 2.05) is 40.8 Å². The second kappa shape index (κ2) is 5.63. The molecule has 2 aliphatic rings. The van der Waals surface area contributed by atoms with Crippen molar-refractivity contribution in [2.24, 2.45) is 5.92 Å². The Morgan fingerprint density at radius 2 is 2.00 bits per heavy atom. The largest absolute Gasteiger partial charge is 0.498 e. The summed E-state index contributed by atoms with van der Waals surface area (Å²) in [7, 11) is -0.462. The lowest BCUT2D eigenvalue weighted by Gasteiger charge is -2.32. The molecule has 0 amide bonds. The van der Waals surface area contributed by atoms with Crippen molar-refractivity contribution in [3.05, 3.63) is 12.4 Å². The van der Waals surface area contributed by atoms with Gasteiger partial charge in [0.25, 0.3) is 0 Å². The van der Waals surface area contributed by atoms with Gasteiger partial charge in [0.05, 0.1) is 17.8 Å². The number of carbonyl (C=O) groups is 1. The molecule has 1 aliphatic carbocycles. The minimum Gasteiger partial charge on any atom is -0.464 e. The van der Waals surface area contributed by atoms with Gasteiger partial charge >= 0.3 is 13.1 Å². The van der Waals surface area contributed by atoms with Crippen LogP contribution in [0.15, 0.2) is 12.4 Å². The molecule has 23 heavy (non-hydrogen) atoms. The third-order valence-corrected chi connectivity index (χ3v) is 5.03. The number of hydrogen-bond acceptors (Lipinski definition) is 5. The van der Waals surface area contributed by atoms with E-state index < -0.39 is 18.3 Å². The number of rotatable bonds is 5. The standard InChI is InChI=1S/C16H25BN2O4/c1-6-21-14(20)13(11-7-8-11)19-10-12(9-18-19)17-22-15(2,3)16(4,5)23-17/h9-11,13H,6-8H2,1-5H3. The van der Waals surface area contributed by atoms with Crippen molar-refractivity contribution in [1.29, 1.82) is 0 Å². The van der Waals surface area contributed by atoms with Crippen LogP contribution in [0.1, 0.15) is 53.5 Å². The van der Waals surface area contributed by atoms with Gasteiger partial charge in [0.1, 0.15) is 0 Å². The van der Waals surface area contributed by atoms with Crippen molar-refractivity contribution in [2.45, 2.75) is 64.7 Å². The molecule has 1 aromatic heterocycles. The first-order valence-corrected chi connectivity index (χ1v) is 8.31. The molecule has 0 aromatic carbocycles. The van der Waals surface area contributed by atoms with E-state index in [1.165, 1.54) is 0 Å². The highest BCUT2D eigenvalue weighted by Crippen LogP contribution is 2.40. The Kier molecular flexibility index (Phi) is 4.05. The van der Waals surface area contributed by atoms with Gasteiger partial charge in [-0.2, -0.15) is 5.10 Å². The average molecular weight is 320 g/mol. The maximum atomic E-state index is 12.2. The molecule has 6 nitrogen and oxygen atoms in total. The third-order valence-electron chi connectivity index (χ3n) is 5.03. The van der Waals surface area contributed by atoms with Crippen LogP contribution in [0.4, 0.5) is 0 Å². The Hall–Kier alpha value is -1.34. The topological polar surface area (TPSA) is 62.6 Å². The van der Waals surface area contributed by atoms with Gasteiger partial charge < -0.3 is 14.0 Å². The summed E-state index contributed by atoms with van der Waals surface area (Å²) in [5.74, 6) is 0.110. The highest BCUT2D eigenvalue weighted by atomic mass is 16.7. The second-order valence-electron chi connectivity index (χ2n) is 7.38. The smallest absolute Gasteiger partial charge is 0.464 e. The fraction of sp³-hybridized carbons (Fsp3) is 0.750. The third kappa shape index (κ3) is 3.04. The predicted octanol–water partition coefficient (Wildman–Crippen LogP) is 1.70. The number of hydrogen-bond donors (Lipinski definition) is 0. The van der Waals surface area contributed by atoms with Gasteiger partial charge in [-0.3, -0.25) is 4.68 Å². The van der Waals surface area contributed by atoms with Crippen LogP contribution in [0, 0.1) is 5.92 Å². The molecule has 1 aliphatic heterocycles. The molecule has 1 saturated heterocycles. The van der Waals surface area contributed by atoms with Gasteiger partial charge in [-0.1, -0.05) is 0 Å². The van der Waals surface area contributed by atoms with Gasteiger partial charge in [0, 0.05) is 17.9 Å². The van der Waals surface area contributed by atoms with Gasteiger partial charge in [-0.05, 0) is 53.4 Å². The van der Waals surface area contributed by atoms with E-state index in [0.717, 1.165) is 18.3 Å². The summed E-state index contributed by atoms with van der Waals surface area (Å²) >= 11 is 0.